The molecule has 3 aromatic rings. The quantitative estimate of drug-likeness (QED) is 0.729. The Kier molecular flexibility index (Phi) is 4.59. The summed E-state index contributed by atoms with van der Waals surface area (Å²) in [5.41, 5.74) is 0.781. The molecule has 0 fully saturated rings. The number of fused-ring (bicyclic) bond motifs is 1. The first kappa shape index (κ1) is 18.8. The molecule has 0 radical (unpaired) electrons. The van der Waals surface area contributed by atoms with Gasteiger partial charge in [0.1, 0.15) is 16.7 Å². The van der Waals surface area contributed by atoms with E-state index in [-0.39, 0.29) is 11.6 Å². The fraction of sp³-hybridized carbons (Fsp3) is 0.263. The van der Waals surface area contributed by atoms with Gasteiger partial charge in [0.2, 0.25) is 0 Å². The Morgan fingerprint density at radius 1 is 1.00 bits per heavy atom. The molecule has 0 aliphatic carbocycles. The van der Waals surface area contributed by atoms with Gasteiger partial charge in [0.05, 0.1) is 18.0 Å². The summed E-state index contributed by atoms with van der Waals surface area (Å²) in [7, 11) is 0. The van der Waals surface area contributed by atoms with Crippen LogP contribution < -0.4 is 5.32 Å². The van der Waals surface area contributed by atoms with Gasteiger partial charge in [-0.3, -0.25) is 14.8 Å². The van der Waals surface area contributed by atoms with Gasteiger partial charge in [0, 0.05) is 17.3 Å². The highest BCUT2D eigenvalue weighted by Crippen LogP contribution is 2.32. The molecule has 2 aromatic heterocycles. The van der Waals surface area contributed by atoms with Crippen LogP contribution in [0.4, 0.5) is 13.2 Å². The molecule has 0 aliphatic rings. The number of benzene rings is 1. The molecule has 0 bridgehead atoms. The Hall–Kier alpha value is -3.03. The summed E-state index contributed by atoms with van der Waals surface area (Å²) in [5.74, 6) is -0.382. The number of nitrogens with zero attached hydrogens (tertiary/aromatic N) is 3. The van der Waals surface area contributed by atoms with Crippen molar-refractivity contribution in [3.8, 4) is 11.1 Å². The summed E-state index contributed by atoms with van der Waals surface area (Å²) in [5, 5.41) is 2.80. The smallest absolute Gasteiger partial charge is 0.346 e. The Bertz CT molecular complexity index is 992. The summed E-state index contributed by atoms with van der Waals surface area (Å²) in [6, 6.07) is 4.70. The molecule has 2 heterocycles. The zero-order valence-electron chi connectivity index (χ0n) is 14.9. The zero-order valence-corrected chi connectivity index (χ0v) is 14.9. The van der Waals surface area contributed by atoms with E-state index in [0.717, 1.165) is 12.1 Å². The van der Waals surface area contributed by atoms with Gasteiger partial charge in [-0.15, -0.1) is 0 Å². The fourth-order valence-electron chi connectivity index (χ4n) is 2.50. The van der Waals surface area contributed by atoms with Crippen molar-refractivity contribution in [1.29, 1.82) is 0 Å². The second kappa shape index (κ2) is 6.61. The SMILES string of the molecule is CC(C)(C)NC(=O)c1cnc2cncc(-c3ccc(C(F)(F)F)cc3)c2n1. The molecule has 0 aliphatic heterocycles. The first-order chi connectivity index (χ1) is 12.5. The minimum absolute atomic E-state index is 0.122. The number of aromatic nitrogens is 3. The van der Waals surface area contributed by atoms with Crippen LogP contribution >= 0.6 is 0 Å². The molecular formula is C19H17F3N4O. The minimum atomic E-state index is -4.41. The monoisotopic (exact) mass is 374 g/mol. The van der Waals surface area contributed by atoms with Crippen LogP contribution in [0.2, 0.25) is 0 Å². The van der Waals surface area contributed by atoms with Crippen LogP contribution in [0, 0.1) is 0 Å². The van der Waals surface area contributed by atoms with Gasteiger partial charge in [-0.2, -0.15) is 13.2 Å². The Morgan fingerprint density at radius 3 is 2.26 bits per heavy atom. The Labute approximate surface area is 153 Å². The lowest BCUT2D eigenvalue weighted by molar-refractivity contribution is -0.137. The number of amides is 1. The number of hydrogen-bond donors (Lipinski definition) is 1. The zero-order chi connectivity index (χ0) is 19.8. The molecule has 27 heavy (non-hydrogen) atoms. The van der Waals surface area contributed by atoms with Gasteiger partial charge in [0.25, 0.3) is 5.91 Å². The molecule has 3 rings (SSSR count). The van der Waals surface area contributed by atoms with Gasteiger partial charge in [0.15, 0.2) is 0 Å². The molecule has 1 aromatic carbocycles. The highest BCUT2D eigenvalue weighted by Gasteiger charge is 2.30. The number of hydrogen-bond acceptors (Lipinski definition) is 4. The van der Waals surface area contributed by atoms with Crippen LogP contribution in [-0.4, -0.2) is 26.4 Å². The number of rotatable bonds is 2. The van der Waals surface area contributed by atoms with Crippen molar-refractivity contribution < 1.29 is 18.0 Å². The lowest BCUT2D eigenvalue weighted by Crippen LogP contribution is -2.41. The predicted molar refractivity (Wildman–Crippen MR) is 95.0 cm³/mol. The predicted octanol–water partition coefficient (Wildman–Crippen LogP) is 4.24. The topological polar surface area (TPSA) is 67.8 Å². The molecule has 0 saturated carbocycles. The molecule has 0 saturated heterocycles. The van der Waals surface area contributed by atoms with Crippen LogP contribution in [0.1, 0.15) is 36.8 Å². The molecule has 140 valence electrons. The van der Waals surface area contributed by atoms with Gasteiger partial charge in [-0.05, 0) is 38.5 Å². The average molecular weight is 374 g/mol. The average Bonchev–Trinajstić information content (AvgIpc) is 2.58. The summed E-state index contributed by atoms with van der Waals surface area (Å²) in [4.78, 5) is 25.0. The van der Waals surface area contributed by atoms with Crippen LogP contribution in [0.3, 0.4) is 0 Å². The molecule has 0 atom stereocenters. The van der Waals surface area contributed by atoms with Crippen molar-refractivity contribution in [2.45, 2.75) is 32.5 Å². The molecule has 1 amide bonds. The van der Waals surface area contributed by atoms with E-state index in [4.69, 9.17) is 0 Å². The molecule has 0 spiro atoms. The first-order valence-electron chi connectivity index (χ1n) is 8.15. The normalized spacial score (nSPS) is 12.2. The summed E-state index contributed by atoms with van der Waals surface area (Å²) >= 11 is 0. The van der Waals surface area contributed by atoms with Crippen molar-refractivity contribution in [3.05, 3.63) is 54.1 Å². The number of nitrogens with one attached hydrogen (secondary N) is 1. The van der Waals surface area contributed by atoms with E-state index < -0.39 is 17.3 Å². The van der Waals surface area contributed by atoms with Crippen molar-refractivity contribution in [3.63, 3.8) is 0 Å². The van der Waals surface area contributed by atoms with Crippen molar-refractivity contribution in [2.24, 2.45) is 0 Å². The molecule has 0 unspecified atom stereocenters. The van der Waals surface area contributed by atoms with E-state index in [1.165, 1.54) is 30.7 Å². The van der Waals surface area contributed by atoms with Crippen LogP contribution in [0.5, 0.6) is 0 Å². The lowest BCUT2D eigenvalue weighted by atomic mass is 10.0. The maximum Gasteiger partial charge on any atom is 0.416 e. The van der Waals surface area contributed by atoms with Crippen molar-refractivity contribution >= 4 is 16.9 Å². The van der Waals surface area contributed by atoms with E-state index in [1.807, 2.05) is 20.8 Å². The van der Waals surface area contributed by atoms with E-state index in [2.05, 4.69) is 20.3 Å². The summed E-state index contributed by atoms with van der Waals surface area (Å²) in [6.45, 7) is 5.53. The number of alkyl halides is 3. The second-order valence-electron chi connectivity index (χ2n) is 7.09. The van der Waals surface area contributed by atoms with Crippen LogP contribution in [0.25, 0.3) is 22.2 Å². The number of pyridine rings is 1. The van der Waals surface area contributed by atoms with E-state index >= 15 is 0 Å². The standard InChI is InChI=1S/C19H17F3N4O/c1-18(2,3)26-17(27)15-10-24-14-9-23-8-13(16(14)25-15)11-4-6-12(7-5-11)19(20,21)22/h4-10H,1-3H3,(H,26,27). The third-order valence-electron chi connectivity index (χ3n) is 3.70. The van der Waals surface area contributed by atoms with E-state index in [9.17, 15) is 18.0 Å². The summed E-state index contributed by atoms with van der Waals surface area (Å²) < 4.78 is 38.3. The Balaban J connectivity index is 2.06. The highest BCUT2D eigenvalue weighted by molar-refractivity contribution is 5.97. The lowest BCUT2D eigenvalue weighted by Gasteiger charge is -2.20. The maximum atomic E-state index is 12.8. The molecule has 5 nitrogen and oxygen atoms in total. The third-order valence-corrected chi connectivity index (χ3v) is 3.70. The van der Waals surface area contributed by atoms with Gasteiger partial charge < -0.3 is 5.32 Å². The van der Waals surface area contributed by atoms with Crippen LogP contribution in [-0.2, 0) is 6.18 Å². The maximum absolute atomic E-state index is 12.8. The number of carbonyl (C=O) groups is 1. The van der Waals surface area contributed by atoms with Crippen molar-refractivity contribution in [1.82, 2.24) is 20.3 Å². The largest absolute Gasteiger partial charge is 0.416 e. The molecule has 1 N–H and O–H groups in total. The van der Waals surface area contributed by atoms with E-state index in [0.29, 0.717) is 22.2 Å². The van der Waals surface area contributed by atoms with Crippen LogP contribution in [0.15, 0.2) is 42.9 Å². The van der Waals surface area contributed by atoms with Gasteiger partial charge in [-0.1, -0.05) is 12.1 Å². The van der Waals surface area contributed by atoms with E-state index in [1.54, 1.807) is 0 Å². The Morgan fingerprint density at radius 2 is 1.67 bits per heavy atom. The van der Waals surface area contributed by atoms with Gasteiger partial charge >= 0.3 is 6.18 Å². The summed E-state index contributed by atoms with van der Waals surface area (Å²) in [6.07, 6.45) is -0.0818. The van der Waals surface area contributed by atoms with Gasteiger partial charge in [-0.25, -0.2) is 4.98 Å². The highest BCUT2D eigenvalue weighted by atomic mass is 19.4. The second-order valence-corrected chi connectivity index (χ2v) is 7.09. The number of carbonyl (C=O) groups excluding carboxylic acids is 1. The molecule has 8 heteroatoms. The molecular weight excluding hydrogens is 357 g/mol. The third kappa shape index (κ3) is 4.21. The van der Waals surface area contributed by atoms with Crippen molar-refractivity contribution in [2.75, 3.05) is 0 Å². The number of halogens is 3. The first-order valence-corrected chi connectivity index (χ1v) is 8.15. The fourth-order valence-corrected chi connectivity index (χ4v) is 2.50. The minimum Gasteiger partial charge on any atom is -0.346 e.